The largest absolute Gasteiger partial charge is 0.458 e. The molecule has 4 fully saturated rings. The van der Waals surface area contributed by atoms with Crippen LogP contribution in [0.25, 0.3) is 0 Å². The molecule has 17 heteroatoms. The van der Waals surface area contributed by atoms with Crippen molar-refractivity contribution in [1.82, 2.24) is 14.7 Å². The molecular weight excluding hydrogens is 850 g/mol. The van der Waals surface area contributed by atoms with E-state index in [1.54, 1.807) is 65.5 Å². The topological polar surface area (TPSA) is 180 Å². The third-order valence-electron chi connectivity index (χ3n) is 14.4. The summed E-state index contributed by atoms with van der Waals surface area (Å²) < 4.78 is 43.8. The maximum Gasteiger partial charge on any atom is 0.419 e. The van der Waals surface area contributed by atoms with Gasteiger partial charge in [0, 0.05) is 48.5 Å². The molecule has 16 nitrogen and oxygen atoms in total. The molecule has 0 radical (unpaired) electrons. The van der Waals surface area contributed by atoms with Gasteiger partial charge in [-0.25, -0.2) is 19.3 Å². The molecule has 3 amide bonds. The van der Waals surface area contributed by atoms with Crippen LogP contribution < -0.4 is 0 Å². The monoisotopic (exact) mass is 921 g/mol. The fraction of sp³-hybridized carbons (Fsp3) is 0.766. The van der Waals surface area contributed by atoms with E-state index >= 15 is 0 Å². The summed E-state index contributed by atoms with van der Waals surface area (Å²) in [6, 6.07) is 6.13. The number of cyclic esters (lactones) is 2. The van der Waals surface area contributed by atoms with E-state index in [9.17, 15) is 29.1 Å². The van der Waals surface area contributed by atoms with Crippen molar-refractivity contribution < 1.29 is 62.2 Å². The van der Waals surface area contributed by atoms with E-state index in [4.69, 9.17) is 44.8 Å². The molecule has 64 heavy (non-hydrogen) atoms. The Morgan fingerprint density at radius 1 is 0.984 bits per heavy atom. The predicted molar refractivity (Wildman–Crippen MR) is 236 cm³/mol. The highest BCUT2D eigenvalue weighted by atomic mass is 35.5. The van der Waals surface area contributed by atoms with Gasteiger partial charge in [-0.3, -0.25) is 19.4 Å². The van der Waals surface area contributed by atoms with Crippen molar-refractivity contribution in [3.63, 3.8) is 0 Å². The number of esters is 1. The SMILES string of the molecule is CCC1CN(C(=O)O[C@H]2[C@H](C)[C@@H](OC3O[C@H](C)C[C@H](N(C)C(C)C)[C@H]3O)[C@@](C)(OC)C[C@@H](C)C(=O)[C@H](C)[C@H]3N(CCc4ccc(Cl)cc4)C(=O)O[C@]3(C)[C@@H](CC)OC(=O)[C@@H]2C)C(=O)O1. The van der Waals surface area contributed by atoms with E-state index < -0.39 is 102 Å². The Morgan fingerprint density at radius 2 is 1.64 bits per heavy atom. The number of ketones is 1. The zero-order valence-corrected chi connectivity index (χ0v) is 40.7. The van der Waals surface area contributed by atoms with Gasteiger partial charge in [-0.15, -0.1) is 0 Å². The molecule has 4 heterocycles. The Kier molecular flexibility index (Phi) is 16.8. The molecule has 360 valence electrons. The number of benzene rings is 1. The van der Waals surface area contributed by atoms with Crippen LogP contribution in [0.4, 0.5) is 14.4 Å². The third kappa shape index (κ3) is 10.7. The first kappa shape index (κ1) is 51.4. The number of rotatable bonds is 11. The molecular formula is C47H72ClN3O13. The van der Waals surface area contributed by atoms with Crippen LogP contribution in [0.1, 0.15) is 107 Å². The zero-order chi connectivity index (χ0) is 47.6. The third-order valence-corrected chi connectivity index (χ3v) is 14.6. The highest BCUT2D eigenvalue weighted by molar-refractivity contribution is 6.30. The minimum atomic E-state index is -1.49. The van der Waals surface area contributed by atoms with Crippen molar-refractivity contribution in [2.45, 2.75) is 181 Å². The number of likely N-dealkylation sites (N-methyl/N-ethyl adjacent to an activating group) is 1. The van der Waals surface area contributed by atoms with E-state index in [0.29, 0.717) is 24.3 Å². The number of hydrogen-bond acceptors (Lipinski definition) is 14. The van der Waals surface area contributed by atoms with E-state index in [0.717, 1.165) is 10.5 Å². The first-order valence-electron chi connectivity index (χ1n) is 22.9. The first-order chi connectivity index (χ1) is 30.0. The lowest BCUT2D eigenvalue weighted by atomic mass is 9.73. The molecule has 15 atom stereocenters. The van der Waals surface area contributed by atoms with Crippen LogP contribution in [-0.4, -0.2) is 149 Å². The summed E-state index contributed by atoms with van der Waals surface area (Å²) in [5.74, 6) is -4.68. The number of nitrogens with zero attached hydrogens (tertiary/aromatic N) is 3. The van der Waals surface area contributed by atoms with Crippen LogP contribution in [0.3, 0.4) is 0 Å². The van der Waals surface area contributed by atoms with Gasteiger partial charge in [-0.1, -0.05) is 58.4 Å². The van der Waals surface area contributed by atoms with Crippen molar-refractivity contribution in [3.8, 4) is 0 Å². The lowest BCUT2D eigenvalue weighted by Gasteiger charge is -2.49. The van der Waals surface area contributed by atoms with E-state index in [-0.39, 0.29) is 49.9 Å². The van der Waals surface area contributed by atoms with Crippen molar-refractivity contribution in [3.05, 3.63) is 34.9 Å². The Morgan fingerprint density at radius 3 is 2.22 bits per heavy atom. The van der Waals surface area contributed by atoms with E-state index in [2.05, 4.69) is 4.90 Å². The van der Waals surface area contributed by atoms with Gasteiger partial charge < -0.3 is 38.3 Å². The minimum Gasteiger partial charge on any atom is -0.458 e. The van der Waals surface area contributed by atoms with Gasteiger partial charge in [-0.05, 0) is 98.4 Å². The molecule has 5 rings (SSSR count). The fourth-order valence-corrected chi connectivity index (χ4v) is 10.4. The number of aliphatic hydroxyl groups excluding tert-OH is 1. The first-order valence-corrected chi connectivity index (χ1v) is 23.3. The lowest BCUT2D eigenvalue weighted by molar-refractivity contribution is -0.302. The Balaban J connectivity index is 1.62. The summed E-state index contributed by atoms with van der Waals surface area (Å²) in [5.41, 5.74) is -1.95. The Bertz CT molecular complexity index is 1820. The van der Waals surface area contributed by atoms with Crippen LogP contribution in [0, 0.1) is 23.7 Å². The number of hydrogen-bond donors (Lipinski definition) is 1. The smallest absolute Gasteiger partial charge is 0.419 e. The van der Waals surface area contributed by atoms with Crippen molar-refractivity contribution >= 4 is 41.6 Å². The standard InChI is InChI=1S/C47H72ClN3O13/c1-14-33-24-51(43(55)60-33)44(56)62-38-29(8)40(63-42-37(53)34(22-27(6)59-42)49(12)25(3)4)46(10,58-13)23-26(5)36(52)28(7)39-47(11,35(15-2)61-41(54)30(38)9)64-45(57)50(39)21-20-31-16-18-32(48)19-17-31/h16-19,25-30,33-35,37-40,42,53H,14-15,20-24H2,1-13H3/t26-,27-,28+,29+,30-,33?,34+,35-,37-,38+,39-,40-,42?,46+,47-/m1/s1. The zero-order valence-electron chi connectivity index (χ0n) is 39.9. The molecule has 1 aromatic rings. The van der Waals surface area contributed by atoms with Crippen molar-refractivity contribution in [2.24, 2.45) is 23.7 Å². The van der Waals surface area contributed by atoms with E-state index in [1.165, 1.54) is 7.11 Å². The number of carbonyl (C=O) groups is 5. The second-order valence-corrected chi connectivity index (χ2v) is 19.6. The minimum absolute atomic E-state index is 0.0517. The van der Waals surface area contributed by atoms with E-state index in [1.807, 2.05) is 46.9 Å². The second-order valence-electron chi connectivity index (χ2n) is 19.2. The van der Waals surface area contributed by atoms with Crippen molar-refractivity contribution in [1.29, 1.82) is 0 Å². The number of Topliss-reactive ketones (excluding diaryl/α,β-unsaturated/α-hetero) is 1. The number of fused-ring (bicyclic) bond motifs is 1. The molecule has 4 aliphatic heterocycles. The van der Waals surface area contributed by atoms with Gasteiger partial charge in [0.15, 0.2) is 11.9 Å². The van der Waals surface area contributed by atoms with Gasteiger partial charge >= 0.3 is 24.2 Å². The maximum absolute atomic E-state index is 15.0. The molecule has 1 aromatic carbocycles. The highest BCUT2D eigenvalue weighted by Crippen LogP contribution is 2.44. The normalized spacial score (nSPS) is 37.9. The summed E-state index contributed by atoms with van der Waals surface area (Å²) in [6.07, 6.45) is -7.62. The quantitative estimate of drug-likeness (QED) is 0.177. The van der Waals surface area contributed by atoms with Gasteiger partial charge in [0.1, 0.15) is 30.2 Å². The predicted octanol–water partition coefficient (Wildman–Crippen LogP) is 7.03. The van der Waals surface area contributed by atoms with Gasteiger partial charge in [0.05, 0.1) is 36.3 Å². The van der Waals surface area contributed by atoms with Crippen LogP contribution in [-0.2, 0) is 49.2 Å². The molecule has 4 aliphatic rings. The number of amides is 3. The number of halogens is 1. The second kappa shape index (κ2) is 21.0. The van der Waals surface area contributed by atoms with Gasteiger partial charge in [0.25, 0.3) is 0 Å². The number of methoxy groups -OCH3 is 1. The highest BCUT2D eigenvalue weighted by Gasteiger charge is 2.61. The molecule has 0 spiro atoms. The average Bonchev–Trinajstić information content (AvgIpc) is 3.77. The fourth-order valence-electron chi connectivity index (χ4n) is 10.3. The maximum atomic E-state index is 15.0. The van der Waals surface area contributed by atoms with Gasteiger partial charge in [-0.2, -0.15) is 0 Å². The molecule has 2 unspecified atom stereocenters. The number of carbonyl (C=O) groups excluding carboxylic acids is 5. The summed E-state index contributed by atoms with van der Waals surface area (Å²) in [7, 11) is 3.41. The molecule has 1 N–H and O–H groups in total. The lowest BCUT2D eigenvalue weighted by Crippen LogP contribution is -2.61. The molecule has 0 aliphatic carbocycles. The number of imide groups is 1. The molecule has 4 saturated heterocycles. The average molecular weight is 923 g/mol. The Hall–Kier alpha value is -3.54. The summed E-state index contributed by atoms with van der Waals surface area (Å²) in [4.78, 5) is 75.2. The van der Waals surface area contributed by atoms with Crippen LogP contribution in [0.15, 0.2) is 24.3 Å². The summed E-state index contributed by atoms with van der Waals surface area (Å²) >= 11 is 6.15. The molecule has 0 bridgehead atoms. The van der Waals surface area contributed by atoms with Crippen LogP contribution >= 0.6 is 11.6 Å². The summed E-state index contributed by atoms with van der Waals surface area (Å²) in [6.45, 7) is 20.0. The van der Waals surface area contributed by atoms with Crippen molar-refractivity contribution in [2.75, 3.05) is 27.2 Å². The number of ether oxygens (including phenoxy) is 7. The summed E-state index contributed by atoms with van der Waals surface area (Å²) in [5, 5.41) is 12.5. The molecule has 0 saturated carbocycles. The number of aliphatic hydroxyl groups is 1. The Labute approximate surface area is 383 Å². The van der Waals surface area contributed by atoms with Gasteiger partial charge in [0.2, 0.25) is 0 Å². The molecule has 0 aromatic heterocycles. The van der Waals surface area contributed by atoms with Crippen LogP contribution in [0.2, 0.25) is 5.02 Å². The van der Waals surface area contributed by atoms with Crippen LogP contribution in [0.5, 0.6) is 0 Å².